The third-order valence-corrected chi connectivity index (χ3v) is 4.51. The van der Waals surface area contributed by atoms with Gasteiger partial charge in [0.1, 0.15) is 5.82 Å². The van der Waals surface area contributed by atoms with Crippen molar-refractivity contribution in [2.45, 2.75) is 44.2 Å². The lowest BCUT2D eigenvalue weighted by Gasteiger charge is -2.44. The van der Waals surface area contributed by atoms with Crippen LogP contribution in [0.2, 0.25) is 0 Å². The minimum atomic E-state index is -0.163. The van der Waals surface area contributed by atoms with Crippen LogP contribution in [0.15, 0.2) is 24.3 Å². The van der Waals surface area contributed by atoms with E-state index in [1.807, 2.05) is 12.1 Å². The summed E-state index contributed by atoms with van der Waals surface area (Å²) in [5, 5.41) is 3.62. The Morgan fingerprint density at radius 1 is 1.21 bits per heavy atom. The lowest BCUT2D eigenvalue weighted by molar-refractivity contribution is 0.105. The summed E-state index contributed by atoms with van der Waals surface area (Å²) in [4.78, 5) is 2.36. The van der Waals surface area contributed by atoms with Gasteiger partial charge in [-0.15, -0.1) is 0 Å². The molecular weight excluding hydrogens is 239 g/mol. The predicted molar refractivity (Wildman–Crippen MR) is 77.7 cm³/mol. The molecule has 0 radical (unpaired) electrons. The second kappa shape index (κ2) is 6.02. The minimum absolute atomic E-state index is 0.161. The van der Waals surface area contributed by atoms with Crippen molar-refractivity contribution in [3.8, 4) is 0 Å². The van der Waals surface area contributed by atoms with Gasteiger partial charge in [-0.05, 0) is 51.2 Å². The van der Waals surface area contributed by atoms with Gasteiger partial charge < -0.3 is 10.2 Å². The number of hydrogen-bond donors (Lipinski definition) is 1. The third kappa shape index (κ3) is 2.82. The molecule has 1 aromatic rings. The second-order valence-corrected chi connectivity index (χ2v) is 5.75. The van der Waals surface area contributed by atoms with Gasteiger partial charge in [0.05, 0.1) is 6.04 Å². The molecule has 0 aromatic heterocycles. The van der Waals surface area contributed by atoms with Crippen LogP contribution in [0.5, 0.6) is 0 Å². The maximum absolute atomic E-state index is 13.1. The lowest BCUT2D eigenvalue weighted by atomic mass is 9.82. The number of halogens is 1. The highest BCUT2D eigenvalue weighted by molar-refractivity contribution is 5.25. The first kappa shape index (κ1) is 14.5. The first-order chi connectivity index (χ1) is 9.10. The molecule has 0 aliphatic heterocycles. The van der Waals surface area contributed by atoms with Gasteiger partial charge in [-0.3, -0.25) is 0 Å². The monoisotopic (exact) mass is 264 g/mol. The number of nitrogens with one attached hydrogen (secondary N) is 1. The van der Waals surface area contributed by atoms with E-state index in [1.165, 1.54) is 31.2 Å². The van der Waals surface area contributed by atoms with E-state index in [1.54, 1.807) is 12.1 Å². The maximum atomic E-state index is 13.1. The van der Waals surface area contributed by atoms with Gasteiger partial charge in [0, 0.05) is 5.54 Å². The standard InChI is InChI=1S/C16H25FN2/c1-4-18-15(13-7-9-14(17)10-8-13)16(19(2)3)11-5-6-12-16/h7-10,15,18H,4-6,11-12H2,1-3H3. The van der Waals surface area contributed by atoms with Crippen molar-refractivity contribution >= 4 is 0 Å². The molecule has 2 nitrogen and oxygen atoms in total. The van der Waals surface area contributed by atoms with Crippen LogP contribution < -0.4 is 5.32 Å². The molecule has 1 fully saturated rings. The van der Waals surface area contributed by atoms with Crippen LogP contribution in [-0.4, -0.2) is 31.1 Å². The van der Waals surface area contributed by atoms with Crippen LogP contribution in [0.4, 0.5) is 4.39 Å². The van der Waals surface area contributed by atoms with Crippen molar-refractivity contribution in [2.75, 3.05) is 20.6 Å². The van der Waals surface area contributed by atoms with Gasteiger partial charge in [-0.1, -0.05) is 31.9 Å². The first-order valence-electron chi connectivity index (χ1n) is 7.26. The molecule has 106 valence electrons. The van der Waals surface area contributed by atoms with Crippen molar-refractivity contribution in [3.63, 3.8) is 0 Å². The van der Waals surface area contributed by atoms with Gasteiger partial charge in [0.2, 0.25) is 0 Å². The molecule has 0 amide bonds. The zero-order valence-electron chi connectivity index (χ0n) is 12.2. The zero-order chi connectivity index (χ0) is 13.9. The van der Waals surface area contributed by atoms with Crippen molar-refractivity contribution in [2.24, 2.45) is 0 Å². The van der Waals surface area contributed by atoms with Gasteiger partial charge in [0.25, 0.3) is 0 Å². The first-order valence-corrected chi connectivity index (χ1v) is 7.26. The fourth-order valence-corrected chi connectivity index (χ4v) is 3.46. The number of nitrogens with zero attached hydrogens (tertiary/aromatic N) is 1. The Kier molecular flexibility index (Phi) is 4.58. The number of benzene rings is 1. The highest BCUT2D eigenvalue weighted by Crippen LogP contribution is 2.43. The van der Waals surface area contributed by atoms with E-state index in [-0.39, 0.29) is 17.4 Å². The molecule has 0 heterocycles. The van der Waals surface area contributed by atoms with Crippen LogP contribution in [0.3, 0.4) is 0 Å². The Morgan fingerprint density at radius 3 is 2.26 bits per heavy atom. The average molecular weight is 264 g/mol. The van der Waals surface area contributed by atoms with Crippen LogP contribution in [0, 0.1) is 5.82 Å². The Hall–Kier alpha value is -0.930. The largest absolute Gasteiger partial charge is 0.309 e. The van der Waals surface area contributed by atoms with E-state index in [9.17, 15) is 4.39 Å². The lowest BCUT2D eigenvalue weighted by Crippen LogP contribution is -2.52. The van der Waals surface area contributed by atoms with Crippen molar-refractivity contribution in [1.29, 1.82) is 0 Å². The molecule has 1 saturated carbocycles. The molecule has 19 heavy (non-hydrogen) atoms. The molecule has 3 heteroatoms. The molecule has 1 aliphatic carbocycles. The van der Waals surface area contributed by atoms with E-state index in [4.69, 9.17) is 0 Å². The summed E-state index contributed by atoms with van der Waals surface area (Å²) in [5.41, 5.74) is 1.35. The quantitative estimate of drug-likeness (QED) is 0.877. The molecular formula is C16H25FN2. The second-order valence-electron chi connectivity index (χ2n) is 5.75. The van der Waals surface area contributed by atoms with E-state index in [0.29, 0.717) is 0 Å². The molecule has 2 rings (SSSR count). The maximum Gasteiger partial charge on any atom is 0.123 e. The fourth-order valence-electron chi connectivity index (χ4n) is 3.46. The number of likely N-dealkylation sites (N-methyl/N-ethyl adjacent to an activating group) is 2. The van der Waals surface area contributed by atoms with Gasteiger partial charge in [0.15, 0.2) is 0 Å². The summed E-state index contributed by atoms with van der Waals surface area (Å²) in [7, 11) is 4.33. The van der Waals surface area contributed by atoms with Gasteiger partial charge in [-0.2, -0.15) is 0 Å². The highest BCUT2D eigenvalue weighted by atomic mass is 19.1. The van der Waals surface area contributed by atoms with Crippen LogP contribution in [0.25, 0.3) is 0 Å². The summed E-state index contributed by atoms with van der Waals surface area (Å²) in [6, 6.07) is 7.25. The predicted octanol–water partition coefficient (Wildman–Crippen LogP) is 3.35. The summed E-state index contributed by atoms with van der Waals surface area (Å²) >= 11 is 0. The SMILES string of the molecule is CCNC(c1ccc(F)cc1)C1(N(C)C)CCCC1. The summed E-state index contributed by atoms with van der Waals surface area (Å²) in [6.45, 7) is 3.06. The zero-order valence-corrected chi connectivity index (χ0v) is 12.2. The van der Waals surface area contributed by atoms with Crippen molar-refractivity contribution in [3.05, 3.63) is 35.6 Å². The molecule has 1 N–H and O–H groups in total. The molecule has 1 atom stereocenters. The van der Waals surface area contributed by atoms with E-state index in [2.05, 4.69) is 31.2 Å². The Morgan fingerprint density at radius 2 is 1.79 bits per heavy atom. The van der Waals surface area contributed by atoms with Crippen molar-refractivity contribution < 1.29 is 4.39 Å². The molecule has 0 saturated heterocycles. The van der Waals surface area contributed by atoms with Crippen LogP contribution >= 0.6 is 0 Å². The molecule has 1 aromatic carbocycles. The molecule has 1 unspecified atom stereocenters. The van der Waals surface area contributed by atoms with Gasteiger partial charge >= 0.3 is 0 Å². The highest BCUT2D eigenvalue weighted by Gasteiger charge is 2.43. The number of rotatable bonds is 5. The summed E-state index contributed by atoms with van der Waals surface area (Å²) < 4.78 is 13.1. The Labute approximate surface area is 116 Å². The molecule has 0 bridgehead atoms. The number of hydrogen-bond acceptors (Lipinski definition) is 2. The van der Waals surface area contributed by atoms with Crippen molar-refractivity contribution in [1.82, 2.24) is 10.2 Å². The Balaban J connectivity index is 2.35. The summed E-state index contributed by atoms with van der Waals surface area (Å²) in [5.74, 6) is -0.163. The normalized spacial score (nSPS) is 19.8. The van der Waals surface area contributed by atoms with Gasteiger partial charge in [-0.25, -0.2) is 4.39 Å². The van der Waals surface area contributed by atoms with E-state index < -0.39 is 0 Å². The smallest absolute Gasteiger partial charge is 0.123 e. The van der Waals surface area contributed by atoms with E-state index in [0.717, 1.165) is 6.54 Å². The topological polar surface area (TPSA) is 15.3 Å². The fraction of sp³-hybridized carbons (Fsp3) is 0.625. The molecule has 1 aliphatic rings. The average Bonchev–Trinajstić information content (AvgIpc) is 2.88. The van der Waals surface area contributed by atoms with E-state index >= 15 is 0 Å². The van der Waals surface area contributed by atoms with Crippen LogP contribution in [0.1, 0.15) is 44.2 Å². The van der Waals surface area contributed by atoms with Crippen LogP contribution in [-0.2, 0) is 0 Å². The third-order valence-electron chi connectivity index (χ3n) is 4.51. The summed E-state index contributed by atoms with van der Waals surface area (Å²) in [6.07, 6.45) is 4.96. The Bertz CT molecular complexity index is 394. The molecule has 0 spiro atoms. The minimum Gasteiger partial charge on any atom is -0.309 e.